The Morgan fingerprint density at radius 3 is 2.55 bits per heavy atom. The summed E-state index contributed by atoms with van der Waals surface area (Å²) in [5.74, 6) is 0. The van der Waals surface area contributed by atoms with Gasteiger partial charge in [-0.2, -0.15) is 0 Å². The van der Waals surface area contributed by atoms with Crippen molar-refractivity contribution in [2.24, 2.45) is 5.73 Å². The molecule has 0 radical (unpaired) electrons. The SMILES string of the molecule is C[C@H](N)COC1CCCCC1. The first-order valence-corrected chi connectivity index (χ1v) is 4.66. The van der Waals surface area contributed by atoms with E-state index in [1.54, 1.807) is 0 Å². The van der Waals surface area contributed by atoms with Gasteiger partial charge < -0.3 is 10.5 Å². The van der Waals surface area contributed by atoms with Crippen molar-refractivity contribution in [1.82, 2.24) is 0 Å². The lowest BCUT2D eigenvalue weighted by Gasteiger charge is -2.22. The zero-order chi connectivity index (χ0) is 8.10. The molecule has 1 fully saturated rings. The molecule has 0 bridgehead atoms. The van der Waals surface area contributed by atoms with Crippen LogP contribution in [-0.2, 0) is 4.74 Å². The molecular formula is C9H19NO. The molecule has 0 amide bonds. The summed E-state index contributed by atoms with van der Waals surface area (Å²) in [5.41, 5.74) is 5.58. The largest absolute Gasteiger partial charge is 0.377 e. The molecule has 2 N–H and O–H groups in total. The quantitative estimate of drug-likeness (QED) is 0.676. The molecular weight excluding hydrogens is 138 g/mol. The second-order valence-electron chi connectivity index (χ2n) is 3.57. The first-order chi connectivity index (χ1) is 5.29. The highest BCUT2D eigenvalue weighted by molar-refractivity contribution is 4.65. The summed E-state index contributed by atoms with van der Waals surface area (Å²) in [6, 6.07) is 0.192. The third kappa shape index (κ3) is 3.73. The molecule has 2 nitrogen and oxygen atoms in total. The summed E-state index contributed by atoms with van der Waals surface area (Å²) in [6.07, 6.45) is 7.06. The Morgan fingerprint density at radius 2 is 2.00 bits per heavy atom. The number of ether oxygens (including phenoxy) is 1. The molecule has 0 heterocycles. The van der Waals surface area contributed by atoms with E-state index >= 15 is 0 Å². The van der Waals surface area contributed by atoms with E-state index in [1.807, 2.05) is 6.92 Å². The van der Waals surface area contributed by atoms with E-state index in [1.165, 1.54) is 32.1 Å². The first kappa shape index (κ1) is 9.01. The van der Waals surface area contributed by atoms with Crippen molar-refractivity contribution in [2.75, 3.05) is 6.61 Å². The summed E-state index contributed by atoms with van der Waals surface area (Å²) in [5, 5.41) is 0. The van der Waals surface area contributed by atoms with Crippen LogP contribution in [0.1, 0.15) is 39.0 Å². The van der Waals surface area contributed by atoms with Crippen LogP contribution in [-0.4, -0.2) is 18.8 Å². The Labute approximate surface area is 69.1 Å². The van der Waals surface area contributed by atoms with Crippen LogP contribution >= 0.6 is 0 Å². The second-order valence-corrected chi connectivity index (χ2v) is 3.57. The van der Waals surface area contributed by atoms with Crippen LogP contribution in [0.15, 0.2) is 0 Å². The Balaban J connectivity index is 2.05. The van der Waals surface area contributed by atoms with Gasteiger partial charge in [-0.1, -0.05) is 19.3 Å². The topological polar surface area (TPSA) is 35.2 Å². The highest BCUT2D eigenvalue weighted by atomic mass is 16.5. The Kier molecular flexibility index (Phi) is 3.87. The van der Waals surface area contributed by atoms with Crippen LogP contribution in [0.2, 0.25) is 0 Å². The molecule has 0 aromatic rings. The van der Waals surface area contributed by atoms with E-state index in [-0.39, 0.29) is 6.04 Å². The van der Waals surface area contributed by atoms with E-state index in [0.717, 1.165) is 6.61 Å². The van der Waals surface area contributed by atoms with Crippen LogP contribution in [0.3, 0.4) is 0 Å². The van der Waals surface area contributed by atoms with Crippen molar-refractivity contribution >= 4 is 0 Å². The maximum absolute atomic E-state index is 5.62. The van der Waals surface area contributed by atoms with Crippen molar-refractivity contribution in [2.45, 2.75) is 51.2 Å². The van der Waals surface area contributed by atoms with Crippen LogP contribution in [0.4, 0.5) is 0 Å². The van der Waals surface area contributed by atoms with Gasteiger partial charge in [-0.15, -0.1) is 0 Å². The molecule has 1 aliphatic carbocycles. The molecule has 0 aromatic heterocycles. The predicted molar refractivity (Wildman–Crippen MR) is 46.5 cm³/mol. The van der Waals surface area contributed by atoms with Gasteiger partial charge in [0.25, 0.3) is 0 Å². The highest BCUT2D eigenvalue weighted by Gasteiger charge is 2.13. The van der Waals surface area contributed by atoms with E-state index in [4.69, 9.17) is 10.5 Å². The highest BCUT2D eigenvalue weighted by Crippen LogP contribution is 2.19. The van der Waals surface area contributed by atoms with E-state index in [9.17, 15) is 0 Å². The van der Waals surface area contributed by atoms with Gasteiger partial charge >= 0.3 is 0 Å². The van der Waals surface area contributed by atoms with Crippen LogP contribution in [0.25, 0.3) is 0 Å². The van der Waals surface area contributed by atoms with Gasteiger partial charge in [0.2, 0.25) is 0 Å². The van der Waals surface area contributed by atoms with Gasteiger partial charge in [0.05, 0.1) is 12.7 Å². The second kappa shape index (κ2) is 4.73. The minimum Gasteiger partial charge on any atom is -0.377 e. The smallest absolute Gasteiger partial charge is 0.0618 e. The summed E-state index contributed by atoms with van der Waals surface area (Å²) in [7, 11) is 0. The van der Waals surface area contributed by atoms with Gasteiger partial charge in [-0.3, -0.25) is 0 Å². The maximum atomic E-state index is 5.62. The summed E-state index contributed by atoms with van der Waals surface area (Å²) in [4.78, 5) is 0. The van der Waals surface area contributed by atoms with Crippen molar-refractivity contribution in [1.29, 1.82) is 0 Å². The molecule has 0 spiro atoms. The average Bonchev–Trinajstić information content (AvgIpc) is 2.03. The lowest BCUT2D eigenvalue weighted by molar-refractivity contribution is 0.0229. The average molecular weight is 157 g/mol. The minimum atomic E-state index is 0.192. The molecule has 1 atom stereocenters. The van der Waals surface area contributed by atoms with Crippen LogP contribution in [0, 0.1) is 0 Å². The molecule has 2 heteroatoms. The lowest BCUT2D eigenvalue weighted by Crippen LogP contribution is -2.27. The zero-order valence-corrected chi connectivity index (χ0v) is 7.38. The molecule has 66 valence electrons. The van der Waals surface area contributed by atoms with Crippen molar-refractivity contribution < 1.29 is 4.74 Å². The summed E-state index contributed by atoms with van der Waals surface area (Å²) >= 11 is 0. The van der Waals surface area contributed by atoms with E-state index in [0.29, 0.717) is 6.10 Å². The number of rotatable bonds is 3. The van der Waals surface area contributed by atoms with Gasteiger partial charge in [0, 0.05) is 6.04 Å². The van der Waals surface area contributed by atoms with Crippen LogP contribution < -0.4 is 5.73 Å². The van der Waals surface area contributed by atoms with Gasteiger partial charge in [0.15, 0.2) is 0 Å². The summed E-state index contributed by atoms with van der Waals surface area (Å²) < 4.78 is 5.62. The third-order valence-electron chi connectivity index (χ3n) is 2.15. The van der Waals surface area contributed by atoms with Gasteiger partial charge in [-0.25, -0.2) is 0 Å². The third-order valence-corrected chi connectivity index (χ3v) is 2.15. The molecule has 0 saturated heterocycles. The fraction of sp³-hybridized carbons (Fsp3) is 1.00. The van der Waals surface area contributed by atoms with Crippen LogP contribution in [0.5, 0.6) is 0 Å². The normalized spacial score (nSPS) is 23.5. The van der Waals surface area contributed by atoms with E-state index < -0.39 is 0 Å². The molecule has 1 aliphatic rings. The molecule has 11 heavy (non-hydrogen) atoms. The number of hydrogen-bond donors (Lipinski definition) is 1. The van der Waals surface area contributed by atoms with Gasteiger partial charge in [0.1, 0.15) is 0 Å². The van der Waals surface area contributed by atoms with Crippen molar-refractivity contribution in [3.05, 3.63) is 0 Å². The number of hydrogen-bond acceptors (Lipinski definition) is 2. The fourth-order valence-electron chi connectivity index (χ4n) is 1.52. The molecule has 0 aromatic carbocycles. The Hall–Kier alpha value is -0.0800. The van der Waals surface area contributed by atoms with Crippen molar-refractivity contribution in [3.8, 4) is 0 Å². The van der Waals surface area contributed by atoms with Gasteiger partial charge in [-0.05, 0) is 19.8 Å². The maximum Gasteiger partial charge on any atom is 0.0618 e. The number of nitrogens with two attached hydrogens (primary N) is 1. The molecule has 1 saturated carbocycles. The Morgan fingerprint density at radius 1 is 1.36 bits per heavy atom. The fourth-order valence-corrected chi connectivity index (χ4v) is 1.52. The predicted octanol–water partition coefficient (Wildman–Crippen LogP) is 1.68. The lowest BCUT2D eigenvalue weighted by atomic mass is 9.98. The standard InChI is InChI=1S/C9H19NO/c1-8(10)7-11-9-5-3-2-4-6-9/h8-9H,2-7,10H2,1H3/t8-/m0/s1. The Bertz CT molecular complexity index is 97.7. The van der Waals surface area contributed by atoms with Crippen molar-refractivity contribution in [3.63, 3.8) is 0 Å². The minimum absolute atomic E-state index is 0.192. The molecule has 0 aliphatic heterocycles. The zero-order valence-electron chi connectivity index (χ0n) is 7.38. The first-order valence-electron chi connectivity index (χ1n) is 4.66. The summed E-state index contributed by atoms with van der Waals surface area (Å²) in [6.45, 7) is 2.72. The molecule has 1 rings (SSSR count). The molecule has 0 unspecified atom stereocenters. The van der Waals surface area contributed by atoms with E-state index in [2.05, 4.69) is 0 Å². The monoisotopic (exact) mass is 157 g/mol.